The second-order valence-electron chi connectivity index (χ2n) is 2.62. The molecule has 2 nitrogen and oxygen atoms in total. The zero-order valence-electron chi connectivity index (χ0n) is 7.40. The standard InChI is InChI=1S/C9H15NO/c1-5-8(7(4)10)9(11)6(2)3/h2,5,10H2,1,3-4H3/b8-7-. The third-order valence-corrected chi connectivity index (χ3v) is 1.49. The molecule has 0 heterocycles. The van der Waals surface area contributed by atoms with E-state index in [1.54, 1.807) is 13.8 Å². The van der Waals surface area contributed by atoms with Crippen LogP contribution in [0.5, 0.6) is 0 Å². The predicted octanol–water partition coefficient (Wildman–Crippen LogP) is 1.77. The quantitative estimate of drug-likeness (QED) is 0.628. The van der Waals surface area contributed by atoms with E-state index >= 15 is 0 Å². The van der Waals surface area contributed by atoms with Gasteiger partial charge in [-0.05, 0) is 25.8 Å². The molecule has 2 N–H and O–H groups in total. The lowest BCUT2D eigenvalue weighted by atomic mass is 10.0. The Balaban J connectivity index is 4.69. The van der Waals surface area contributed by atoms with Crippen LogP contribution in [-0.4, -0.2) is 5.78 Å². The number of hydrogen-bond acceptors (Lipinski definition) is 2. The van der Waals surface area contributed by atoms with Gasteiger partial charge in [0.2, 0.25) is 0 Å². The number of Topliss-reactive ketones (excluding diaryl/α,β-unsaturated/α-hetero) is 1. The fraction of sp³-hybridized carbons (Fsp3) is 0.444. The van der Waals surface area contributed by atoms with Gasteiger partial charge in [-0.25, -0.2) is 0 Å². The first kappa shape index (κ1) is 9.95. The fourth-order valence-corrected chi connectivity index (χ4v) is 0.876. The van der Waals surface area contributed by atoms with Crippen molar-refractivity contribution in [2.24, 2.45) is 5.73 Å². The largest absolute Gasteiger partial charge is 0.402 e. The molecular weight excluding hydrogens is 138 g/mol. The lowest BCUT2D eigenvalue weighted by Gasteiger charge is -2.04. The Labute approximate surface area is 67.8 Å². The van der Waals surface area contributed by atoms with Crippen LogP contribution in [0.15, 0.2) is 23.4 Å². The van der Waals surface area contributed by atoms with Gasteiger partial charge in [-0.3, -0.25) is 4.79 Å². The average molecular weight is 153 g/mol. The number of hydrogen-bond donors (Lipinski definition) is 1. The van der Waals surface area contributed by atoms with Gasteiger partial charge in [-0.1, -0.05) is 13.5 Å². The molecule has 0 unspecified atom stereocenters. The maximum atomic E-state index is 11.3. The maximum absolute atomic E-state index is 11.3. The second kappa shape index (κ2) is 3.96. The Morgan fingerprint density at radius 3 is 2.00 bits per heavy atom. The van der Waals surface area contributed by atoms with Crippen LogP contribution < -0.4 is 5.73 Å². The van der Waals surface area contributed by atoms with Gasteiger partial charge in [0.25, 0.3) is 0 Å². The van der Waals surface area contributed by atoms with E-state index in [1.165, 1.54) is 0 Å². The summed E-state index contributed by atoms with van der Waals surface area (Å²) >= 11 is 0. The summed E-state index contributed by atoms with van der Waals surface area (Å²) in [6.07, 6.45) is 0.675. The van der Waals surface area contributed by atoms with Crippen molar-refractivity contribution >= 4 is 5.78 Å². The summed E-state index contributed by atoms with van der Waals surface area (Å²) in [7, 11) is 0. The smallest absolute Gasteiger partial charge is 0.185 e. The number of ketones is 1. The molecule has 0 aromatic carbocycles. The SMILES string of the molecule is C=C(C)C(=O)/C(CC)=C(/C)N. The maximum Gasteiger partial charge on any atom is 0.185 e. The lowest BCUT2D eigenvalue weighted by molar-refractivity contribution is -0.112. The van der Waals surface area contributed by atoms with Crippen LogP contribution in [0.25, 0.3) is 0 Å². The Kier molecular flexibility index (Phi) is 3.58. The first-order valence-corrected chi connectivity index (χ1v) is 3.66. The van der Waals surface area contributed by atoms with Crippen molar-refractivity contribution in [1.82, 2.24) is 0 Å². The molecule has 0 saturated carbocycles. The van der Waals surface area contributed by atoms with Gasteiger partial charge < -0.3 is 5.73 Å². The van der Waals surface area contributed by atoms with Crippen molar-refractivity contribution in [1.29, 1.82) is 0 Å². The Hall–Kier alpha value is -1.05. The van der Waals surface area contributed by atoms with Crippen LogP contribution in [0.3, 0.4) is 0 Å². The molecule has 0 atom stereocenters. The molecule has 0 bridgehead atoms. The van der Waals surface area contributed by atoms with Gasteiger partial charge in [0.05, 0.1) is 0 Å². The van der Waals surface area contributed by atoms with Gasteiger partial charge >= 0.3 is 0 Å². The van der Waals surface area contributed by atoms with Crippen LogP contribution >= 0.6 is 0 Å². The summed E-state index contributed by atoms with van der Waals surface area (Å²) in [5.74, 6) is -0.0208. The molecule has 0 saturated heterocycles. The number of carbonyl (C=O) groups excluding carboxylic acids is 1. The molecule has 62 valence electrons. The summed E-state index contributed by atoms with van der Waals surface area (Å²) in [6, 6.07) is 0. The molecule has 2 heteroatoms. The number of carbonyl (C=O) groups is 1. The molecule has 0 spiro atoms. The molecule has 0 amide bonds. The van der Waals surface area contributed by atoms with E-state index in [0.717, 1.165) is 0 Å². The van der Waals surface area contributed by atoms with Crippen LogP contribution in [0.1, 0.15) is 27.2 Å². The van der Waals surface area contributed by atoms with Gasteiger partial charge in [0.15, 0.2) is 5.78 Å². The minimum absolute atomic E-state index is 0.0208. The fourth-order valence-electron chi connectivity index (χ4n) is 0.876. The van der Waals surface area contributed by atoms with Gasteiger partial charge in [0.1, 0.15) is 0 Å². The van der Waals surface area contributed by atoms with Crippen LogP contribution in [0, 0.1) is 0 Å². The third-order valence-electron chi connectivity index (χ3n) is 1.49. The van der Waals surface area contributed by atoms with Crippen molar-refractivity contribution in [3.63, 3.8) is 0 Å². The average Bonchev–Trinajstić information content (AvgIpc) is 1.88. The Morgan fingerprint density at radius 1 is 1.45 bits per heavy atom. The Morgan fingerprint density at radius 2 is 1.91 bits per heavy atom. The molecular formula is C9H15NO. The first-order valence-electron chi connectivity index (χ1n) is 3.66. The van der Waals surface area contributed by atoms with Crippen LogP contribution in [0.2, 0.25) is 0 Å². The number of rotatable bonds is 3. The Bertz CT molecular complexity index is 210. The summed E-state index contributed by atoms with van der Waals surface area (Å²) in [6.45, 7) is 8.91. The minimum atomic E-state index is -0.0208. The molecule has 0 fully saturated rings. The van der Waals surface area contributed by atoms with Crippen molar-refractivity contribution < 1.29 is 4.79 Å². The highest BCUT2D eigenvalue weighted by molar-refractivity contribution is 6.07. The van der Waals surface area contributed by atoms with E-state index in [1.807, 2.05) is 6.92 Å². The lowest BCUT2D eigenvalue weighted by Crippen LogP contribution is -2.09. The van der Waals surface area contributed by atoms with Gasteiger partial charge in [0, 0.05) is 11.3 Å². The highest BCUT2D eigenvalue weighted by Crippen LogP contribution is 2.09. The van der Waals surface area contributed by atoms with Crippen molar-refractivity contribution in [3.05, 3.63) is 23.4 Å². The topological polar surface area (TPSA) is 43.1 Å². The summed E-state index contributed by atoms with van der Waals surface area (Å²) in [4.78, 5) is 11.3. The molecule has 0 radical (unpaired) electrons. The summed E-state index contributed by atoms with van der Waals surface area (Å²) < 4.78 is 0. The van der Waals surface area contributed by atoms with Crippen molar-refractivity contribution in [2.75, 3.05) is 0 Å². The molecule has 0 aromatic rings. The summed E-state index contributed by atoms with van der Waals surface area (Å²) in [5, 5.41) is 0. The van der Waals surface area contributed by atoms with E-state index in [0.29, 0.717) is 23.3 Å². The highest BCUT2D eigenvalue weighted by Gasteiger charge is 2.09. The summed E-state index contributed by atoms with van der Waals surface area (Å²) in [5.41, 5.74) is 7.33. The van der Waals surface area contributed by atoms with E-state index in [2.05, 4.69) is 6.58 Å². The van der Waals surface area contributed by atoms with Gasteiger partial charge in [-0.15, -0.1) is 0 Å². The molecule has 11 heavy (non-hydrogen) atoms. The molecule has 0 aliphatic carbocycles. The molecule has 0 aliphatic heterocycles. The number of nitrogens with two attached hydrogens (primary N) is 1. The third kappa shape index (κ3) is 2.58. The van der Waals surface area contributed by atoms with Crippen molar-refractivity contribution in [3.8, 4) is 0 Å². The highest BCUT2D eigenvalue weighted by atomic mass is 16.1. The molecule has 0 aliphatic rings. The van der Waals surface area contributed by atoms with Crippen LogP contribution in [0.4, 0.5) is 0 Å². The molecule has 0 aromatic heterocycles. The number of allylic oxidation sites excluding steroid dienone is 3. The first-order chi connectivity index (χ1) is 5.00. The van der Waals surface area contributed by atoms with E-state index < -0.39 is 0 Å². The van der Waals surface area contributed by atoms with Gasteiger partial charge in [-0.2, -0.15) is 0 Å². The monoisotopic (exact) mass is 153 g/mol. The van der Waals surface area contributed by atoms with Crippen LogP contribution in [-0.2, 0) is 4.79 Å². The van der Waals surface area contributed by atoms with E-state index in [9.17, 15) is 4.79 Å². The normalized spacial score (nSPS) is 12.3. The van der Waals surface area contributed by atoms with Crippen molar-refractivity contribution in [2.45, 2.75) is 27.2 Å². The minimum Gasteiger partial charge on any atom is -0.402 e. The van der Waals surface area contributed by atoms with E-state index in [-0.39, 0.29) is 5.78 Å². The molecule has 0 rings (SSSR count). The predicted molar refractivity (Wildman–Crippen MR) is 47.0 cm³/mol. The second-order valence-corrected chi connectivity index (χ2v) is 2.62. The zero-order valence-corrected chi connectivity index (χ0v) is 7.40. The zero-order chi connectivity index (χ0) is 9.02. The van der Waals surface area contributed by atoms with E-state index in [4.69, 9.17) is 5.73 Å².